The minimum atomic E-state index is 0.0150. The third-order valence-corrected chi connectivity index (χ3v) is 5.17. The maximum atomic E-state index is 12.2. The molecule has 1 heterocycles. The summed E-state index contributed by atoms with van der Waals surface area (Å²) in [6.45, 7) is 6.51. The molecule has 1 atom stereocenters. The van der Waals surface area contributed by atoms with E-state index in [2.05, 4.69) is 24.1 Å². The Bertz CT molecular complexity index is 533. The van der Waals surface area contributed by atoms with Gasteiger partial charge in [-0.25, -0.2) is 0 Å². The van der Waals surface area contributed by atoms with Crippen molar-refractivity contribution in [3.05, 3.63) is 29.8 Å². The van der Waals surface area contributed by atoms with Crippen LogP contribution in [0.1, 0.15) is 31.9 Å². The Morgan fingerprint density at radius 2 is 2.14 bits per heavy atom. The number of carbonyl (C=O) groups excluding carboxylic acids is 1. The van der Waals surface area contributed by atoms with Crippen molar-refractivity contribution in [1.82, 2.24) is 10.2 Å². The van der Waals surface area contributed by atoms with E-state index in [0.717, 1.165) is 35.1 Å². The van der Waals surface area contributed by atoms with E-state index < -0.39 is 0 Å². The summed E-state index contributed by atoms with van der Waals surface area (Å²) < 4.78 is 6.39. The molecule has 0 saturated carbocycles. The normalized spacial score (nSPS) is 16.4. The van der Waals surface area contributed by atoms with Gasteiger partial charge in [-0.1, -0.05) is 42.2 Å². The van der Waals surface area contributed by atoms with E-state index in [1.54, 1.807) is 0 Å². The second kappa shape index (κ2) is 8.39. The molecule has 2 rings (SSSR count). The zero-order valence-corrected chi connectivity index (χ0v) is 14.6. The third kappa shape index (κ3) is 4.36. The van der Waals surface area contributed by atoms with Crippen molar-refractivity contribution in [2.45, 2.75) is 26.3 Å². The van der Waals surface area contributed by atoms with Gasteiger partial charge in [-0.3, -0.25) is 4.79 Å². The molecular formula is C16H22N2O2S2. The van der Waals surface area contributed by atoms with Gasteiger partial charge in [0, 0.05) is 25.1 Å². The van der Waals surface area contributed by atoms with Gasteiger partial charge < -0.3 is 15.0 Å². The topological polar surface area (TPSA) is 41.6 Å². The fourth-order valence-electron chi connectivity index (χ4n) is 2.43. The molecule has 0 aliphatic carbocycles. The maximum Gasteiger partial charge on any atom is 0.230 e. The van der Waals surface area contributed by atoms with Crippen molar-refractivity contribution < 1.29 is 9.53 Å². The van der Waals surface area contributed by atoms with Gasteiger partial charge >= 0.3 is 0 Å². The fraction of sp³-hybridized carbons (Fsp3) is 0.500. The first-order valence-electron chi connectivity index (χ1n) is 7.58. The van der Waals surface area contributed by atoms with Crippen LogP contribution < -0.4 is 10.1 Å². The monoisotopic (exact) mass is 338 g/mol. The molecule has 1 aromatic carbocycles. The molecule has 1 aromatic rings. The number of hydrogen-bond acceptors (Lipinski definition) is 4. The first kappa shape index (κ1) is 17.1. The van der Waals surface area contributed by atoms with Crippen LogP contribution in [0.2, 0.25) is 0 Å². The molecule has 0 radical (unpaired) electrons. The average molecular weight is 338 g/mol. The number of hydrogen-bond donors (Lipinski definition) is 1. The second-order valence-electron chi connectivity index (χ2n) is 5.02. The molecule has 0 fully saturated rings. The van der Waals surface area contributed by atoms with Gasteiger partial charge in [0.25, 0.3) is 0 Å². The molecule has 120 valence electrons. The highest BCUT2D eigenvalue weighted by Crippen LogP contribution is 2.31. The van der Waals surface area contributed by atoms with Gasteiger partial charge in [-0.2, -0.15) is 0 Å². The van der Waals surface area contributed by atoms with Crippen LogP contribution in [0.3, 0.4) is 0 Å². The number of thioether (sulfide) groups is 1. The molecule has 1 amide bonds. The lowest BCUT2D eigenvalue weighted by Crippen LogP contribution is -2.34. The Hall–Kier alpha value is -1.27. The van der Waals surface area contributed by atoms with Gasteiger partial charge in [0.2, 0.25) is 5.91 Å². The minimum absolute atomic E-state index is 0.0150. The summed E-state index contributed by atoms with van der Waals surface area (Å²) >= 11 is 6.77. The third-order valence-electron chi connectivity index (χ3n) is 3.64. The first-order valence-corrected chi connectivity index (χ1v) is 8.97. The molecule has 1 aliphatic rings. The molecule has 6 heteroatoms. The van der Waals surface area contributed by atoms with Crippen molar-refractivity contribution in [1.29, 1.82) is 0 Å². The molecule has 22 heavy (non-hydrogen) atoms. The SMILES string of the molecule is CCN(CC)C(=S)SCC(=O)NC1CCOc2ccccc21. The molecule has 1 N–H and O–H groups in total. The van der Waals surface area contributed by atoms with E-state index in [1.807, 2.05) is 24.3 Å². The van der Waals surface area contributed by atoms with Crippen molar-refractivity contribution in [3.63, 3.8) is 0 Å². The van der Waals surface area contributed by atoms with E-state index in [4.69, 9.17) is 17.0 Å². The predicted molar refractivity (Wildman–Crippen MR) is 95.4 cm³/mol. The van der Waals surface area contributed by atoms with Crippen LogP contribution in [0.25, 0.3) is 0 Å². The number of thiocarbonyl (C=S) groups is 1. The maximum absolute atomic E-state index is 12.2. The zero-order valence-electron chi connectivity index (χ0n) is 13.0. The molecule has 0 saturated heterocycles. The number of ether oxygens (including phenoxy) is 1. The number of para-hydroxylation sites is 1. The largest absolute Gasteiger partial charge is 0.493 e. The highest BCUT2D eigenvalue weighted by atomic mass is 32.2. The van der Waals surface area contributed by atoms with Crippen LogP contribution in [0.15, 0.2) is 24.3 Å². The number of carbonyl (C=O) groups is 1. The lowest BCUT2D eigenvalue weighted by Gasteiger charge is -2.27. The van der Waals surface area contributed by atoms with Crippen molar-refractivity contribution in [2.75, 3.05) is 25.4 Å². The van der Waals surface area contributed by atoms with E-state index in [-0.39, 0.29) is 11.9 Å². The molecular weight excluding hydrogens is 316 g/mol. The van der Waals surface area contributed by atoms with Gasteiger partial charge in [-0.15, -0.1) is 0 Å². The van der Waals surface area contributed by atoms with Gasteiger partial charge in [0.05, 0.1) is 18.4 Å². The molecule has 1 unspecified atom stereocenters. The highest BCUT2D eigenvalue weighted by molar-refractivity contribution is 8.23. The molecule has 0 bridgehead atoms. The van der Waals surface area contributed by atoms with Gasteiger partial charge in [0.15, 0.2) is 0 Å². The Labute approximate surface area is 141 Å². The fourth-order valence-corrected chi connectivity index (χ4v) is 3.64. The first-order chi connectivity index (χ1) is 10.7. The summed E-state index contributed by atoms with van der Waals surface area (Å²) in [7, 11) is 0. The van der Waals surface area contributed by atoms with Crippen LogP contribution in [0.4, 0.5) is 0 Å². The molecule has 1 aliphatic heterocycles. The van der Waals surface area contributed by atoms with Crippen molar-refractivity contribution >= 4 is 34.2 Å². The number of fused-ring (bicyclic) bond motifs is 1. The quantitative estimate of drug-likeness (QED) is 0.836. The summed E-state index contributed by atoms with van der Waals surface area (Å²) in [4.78, 5) is 14.3. The summed E-state index contributed by atoms with van der Waals surface area (Å²) in [6.07, 6.45) is 0.800. The summed E-state index contributed by atoms with van der Waals surface area (Å²) in [5, 5.41) is 3.09. The van der Waals surface area contributed by atoms with Crippen LogP contribution in [-0.2, 0) is 4.79 Å². The Morgan fingerprint density at radius 1 is 1.41 bits per heavy atom. The van der Waals surface area contributed by atoms with Crippen molar-refractivity contribution in [2.24, 2.45) is 0 Å². The summed E-state index contributed by atoms with van der Waals surface area (Å²) in [6, 6.07) is 7.89. The standard InChI is InChI=1S/C16H22N2O2S2/c1-3-18(4-2)16(21)22-11-15(19)17-13-9-10-20-14-8-6-5-7-12(13)14/h5-8,13H,3-4,9-11H2,1-2H3,(H,17,19). The van der Waals surface area contributed by atoms with Gasteiger partial charge in [-0.05, 0) is 19.9 Å². The Kier molecular flexibility index (Phi) is 6.51. The highest BCUT2D eigenvalue weighted by Gasteiger charge is 2.22. The Morgan fingerprint density at radius 3 is 2.86 bits per heavy atom. The lowest BCUT2D eigenvalue weighted by atomic mass is 10.0. The van der Waals surface area contributed by atoms with E-state index in [9.17, 15) is 4.79 Å². The van der Waals surface area contributed by atoms with Crippen LogP contribution in [0, 0.1) is 0 Å². The van der Waals surface area contributed by atoms with Gasteiger partial charge in [0.1, 0.15) is 10.1 Å². The Balaban J connectivity index is 1.87. The molecule has 0 aromatic heterocycles. The van der Waals surface area contributed by atoms with E-state index in [0.29, 0.717) is 12.4 Å². The number of benzene rings is 1. The lowest BCUT2D eigenvalue weighted by molar-refractivity contribution is -0.119. The van der Waals surface area contributed by atoms with E-state index >= 15 is 0 Å². The van der Waals surface area contributed by atoms with Crippen molar-refractivity contribution in [3.8, 4) is 5.75 Å². The minimum Gasteiger partial charge on any atom is -0.493 e. The number of nitrogens with zero attached hydrogens (tertiary/aromatic N) is 1. The number of rotatable bonds is 5. The summed E-state index contributed by atoms with van der Waals surface area (Å²) in [5.41, 5.74) is 1.05. The average Bonchev–Trinajstić information content (AvgIpc) is 2.54. The van der Waals surface area contributed by atoms with Crippen LogP contribution in [0.5, 0.6) is 5.75 Å². The summed E-state index contributed by atoms with van der Waals surface area (Å²) in [5.74, 6) is 1.24. The molecule has 4 nitrogen and oxygen atoms in total. The predicted octanol–water partition coefficient (Wildman–Crippen LogP) is 2.99. The second-order valence-corrected chi connectivity index (χ2v) is 6.63. The molecule has 0 spiro atoms. The van der Waals surface area contributed by atoms with Crippen LogP contribution in [-0.4, -0.2) is 40.6 Å². The smallest absolute Gasteiger partial charge is 0.230 e. The zero-order chi connectivity index (χ0) is 15.9. The number of nitrogens with one attached hydrogen (secondary N) is 1. The number of amides is 1. The van der Waals surface area contributed by atoms with Crippen LogP contribution >= 0.6 is 24.0 Å². The van der Waals surface area contributed by atoms with E-state index in [1.165, 1.54) is 11.8 Å².